The second-order valence-corrected chi connectivity index (χ2v) is 5.51. The van der Waals surface area contributed by atoms with E-state index >= 15 is 0 Å². The summed E-state index contributed by atoms with van der Waals surface area (Å²) >= 11 is 6.76. The maximum Gasteiger partial charge on any atom is 0.323 e. The van der Waals surface area contributed by atoms with E-state index < -0.39 is 0 Å². The van der Waals surface area contributed by atoms with Crippen LogP contribution in [0.4, 0.5) is 21.9 Å². The molecule has 0 aromatic heterocycles. The Hall–Kier alpha value is -1.53. The van der Waals surface area contributed by atoms with Crippen LogP contribution >= 0.6 is 31.9 Å². The Balaban J connectivity index is 2.07. The Morgan fingerprint density at radius 1 is 0.947 bits per heavy atom. The van der Waals surface area contributed by atoms with Crippen LogP contribution in [0.15, 0.2) is 51.4 Å². The first-order valence-corrected chi connectivity index (χ1v) is 7.02. The van der Waals surface area contributed by atoms with E-state index in [9.17, 15) is 4.79 Å². The molecule has 0 saturated carbocycles. The first-order chi connectivity index (χ1) is 9.06. The molecule has 0 bridgehead atoms. The fourth-order valence-corrected chi connectivity index (χ4v) is 2.66. The summed E-state index contributed by atoms with van der Waals surface area (Å²) in [4.78, 5) is 11.9. The Morgan fingerprint density at radius 3 is 2.11 bits per heavy atom. The van der Waals surface area contributed by atoms with Crippen molar-refractivity contribution in [3.8, 4) is 0 Å². The molecule has 0 saturated heterocycles. The third-order valence-corrected chi connectivity index (χ3v) is 3.69. The number of amides is 2. The first kappa shape index (κ1) is 13.9. The molecule has 2 amide bonds. The molecule has 0 fully saturated rings. The van der Waals surface area contributed by atoms with Crippen LogP contribution in [0, 0.1) is 0 Å². The molecule has 0 aliphatic carbocycles. The van der Waals surface area contributed by atoms with Crippen LogP contribution in [0.3, 0.4) is 0 Å². The van der Waals surface area contributed by atoms with Gasteiger partial charge in [-0.25, -0.2) is 4.79 Å². The number of nitrogen functional groups attached to an aromatic ring is 1. The number of carbonyl (C=O) groups excluding carboxylic acids is 1. The molecule has 0 unspecified atom stereocenters. The lowest BCUT2D eigenvalue weighted by Gasteiger charge is -2.10. The summed E-state index contributed by atoms with van der Waals surface area (Å²) in [6, 6.07) is 12.2. The molecule has 4 nitrogen and oxygen atoms in total. The van der Waals surface area contributed by atoms with E-state index in [1.807, 2.05) is 18.2 Å². The summed E-state index contributed by atoms with van der Waals surface area (Å²) < 4.78 is 1.60. The van der Waals surface area contributed by atoms with Crippen LogP contribution in [0.2, 0.25) is 0 Å². The SMILES string of the molecule is Nc1ccc(NC(=O)Nc2c(Br)cccc2Br)cc1. The van der Waals surface area contributed by atoms with Crippen molar-refractivity contribution in [3.63, 3.8) is 0 Å². The van der Waals surface area contributed by atoms with Gasteiger partial charge in [-0.1, -0.05) is 6.07 Å². The average Bonchev–Trinajstić information content (AvgIpc) is 2.37. The number of benzene rings is 2. The minimum Gasteiger partial charge on any atom is -0.399 e. The van der Waals surface area contributed by atoms with Crippen molar-refractivity contribution < 1.29 is 4.79 Å². The van der Waals surface area contributed by atoms with Gasteiger partial charge in [0.05, 0.1) is 5.69 Å². The topological polar surface area (TPSA) is 67.1 Å². The number of urea groups is 1. The molecule has 0 aliphatic rings. The zero-order valence-electron chi connectivity index (χ0n) is 9.78. The zero-order valence-corrected chi connectivity index (χ0v) is 13.0. The summed E-state index contributed by atoms with van der Waals surface area (Å²) in [6.45, 7) is 0. The van der Waals surface area contributed by atoms with Crippen LogP contribution in [0.25, 0.3) is 0 Å². The van der Waals surface area contributed by atoms with E-state index in [4.69, 9.17) is 5.73 Å². The maximum atomic E-state index is 11.9. The van der Waals surface area contributed by atoms with Gasteiger partial charge >= 0.3 is 6.03 Å². The Morgan fingerprint density at radius 2 is 1.53 bits per heavy atom. The van der Waals surface area contributed by atoms with Crippen molar-refractivity contribution in [2.45, 2.75) is 0 Å². The van der Waals surface area contributed by atoms with Crippen molar-refractivity contribution >= 4 is 55.0 Å². The second kappa shape index (κ2) is 6.08. The highest BCUT2D eigenvalue weighted by atomic mass is 79.9. The van der Waals surface area contributed by atoms with Crippen molar-refractivity contribution in [2.24, 2.45) is 0 Å². The number of nitrogens with two attached hydrogens (primary N) is 1. The Bertz CT molecular complexity index is 579. The van der Waals surface area contributed by atoms with Crippen molar-refractivity contribution in [3.05, 3.63) is 51.4 Å². The van der Waals surface area contributed by atoms with Crippen LogP contribution in [-0.4, -0.2) is 6.03 Å². The lowest BCUT2D eigenvalue weighted by Crippen LogP contribution is -2.19. The summed E-state index contributed by atoms with van der Waals surface area (Å²) in [6.07, 6.45) is 0. The molecule has 0 aliphatic heterocycles. The standard InChI is InChI=1S/C13H11Br2N3O/c14-10-2-1-3-11(15)12(10)18-13(19)17-9-6-4-8(16)5-7-9/h1-7H,16H2,(H2,17,18,19). The van der Waals surface area contributed by atoms with Gasteiger partial charge in [-0.2, -0.15) is 0 Å². The predicted octanol–water partition coefficient (Wildman–Crippen LogP) is 4.44. The molecule has 4 N–H and O–H groups in total. The summed E-state index contributed by atoms with van der Waals surface area (Å²) in [7, 11) is 0. The normalized spacial score (nSPS) is 10.0. The number of halogens is 2. The van der Waals surface area contributed by atoms with Crippen molar-refractivity contribution in [1.82, 2.24) is 0 Å². The third-order valence-electron chi connectivity index (χ3n) is 2.37. The minimum absolute atomic E-state index is 0.322. The van der Waals surface area contributed by atoms with E-state index in [0.29, 0.717) is 17.1 Å². The molecule has 2 aromatic carbocycles. The van der Waals surface area contributed by atoms with E-state index in [-0.39, 0.29) is 6.03 Å². The van der Waals surface area contributed by atoms with Gasteiger partial charge in [-0.05, 0) is 68.3 Å². The van der Waals surface area contributed by atoms with E-state index in [0.717, 1.165) is 8.95 Å². The predicted molar refractivity (Wildman–Crippen MR) is 85.3 cm³/mol. The van der Waals surface area contributed by atoms with Crippen molar-refractivity contribution in [2.75, 3.05) is 16.4 Å². The monoisotopic (exact) mass is 383 g/mol. The molecular formula is C13H11Br2N3O. The number of hydrogen-bond donors (Lipinski definition) is 3. The van der Waals surface area contributed by atoms with E-state index in [2.05, 4.69) is 42.5 Å². The number of para-hydroxylation sites is 1. The van der Waals surface area contributed by atoms with Gasteiger partial charge in [0, 0.05) is 20.3 Å². The van der Waals surface area contributed by atoms with Crippen LogP contribution in [0.5, 0.6) is 0 Å². The third kappa shape index (κ3) is 3.71. The quantitative estimate of drug-likeness (QED) is 0.670. The number of nitrogens with one attached hydrogen (secondary N) is 2. The highest BCUT2D eigenvalue weighted by molar-refractivity contribution is 9.11. The van der Waals surface area contributed by atoms with Gasteiger partial charge in [0.2, 0.25) is 0 Å². The van der Waals surface area contributed by atoms with Crippen molar-refractivity contribution in [1.29, 1.82) is 0 Å². The number of carbonyl (C=O) groups is 1. The zero-order chi connectivity index (χ0) is 13.8. The maximum absolute atomic E-state index is 11.9. The molecule has 19 heavy (non-hydrogen) atoms. The van der Waals surface area contributed by atoms with Gasteiger partial charge in [0.1, 0.15) is 0 Å². The summed E-state index contributed by atoms with van der Waals surface area (Å²) in [5.74, 6) is 0. The fourth-order valence-electron chi connectivity index (χ4n) is 1.46. The molecule has 98 valence electrons. The van der Waals surface area contributed by atoms with Crippen LogP contribution in [0.1, 0.15) is 0 Å². The Labute approximate surface area is 127 Å². The first-order valence-electron chi connectivity index (χ1n) is 5.44. The minimum atomic E-state index is -0.322. The molecular weight excluding hydrogens is 374 g/mol. The van der Waals surface area contributed by atoms with E-state index in [1.54, 1.807) is 24.3 Å². The number of anilines is 3. The van der Waals surface area contributed by atoms with Gasteiger partial charge < -0.3 is 16.4 Å². The highest BCUT2D eigenvalue weighted by Crippen LogP contribution is 2.30. The molecule has 2 rings (SSSR count). The van der Waals surface area contributed by atoms with Gasteiger partial charge in [-0.3, -0.25) is 0 Å². The smallest absolute Gasteiger partial charge is 0.323 e. The highest BCUT2D eigenvalue weighted by Gasteiger charge is 2.08. The van der Waals surface area contributed by atoms with Crippen LogP contribution in [-0.2, 0) is 0 Å². The largest absolute Gasteiger partial charge is 0.399 e. The number of rotatable bonds is 2. The van der Waals surface area contributed by atoms with Gasteiger partial charge in [-0.15, -0.1) is 0 Å². The molecule has 0 spiro atoms. The number of hydrogen-bond acceptors (Lipinski definition) is 2. The van der Waals surface area contributed by atoms with Gasteiger partial charge in [0.25, 0.3) is 0 Å². The fraction of sp³-hybridized carbons (Fsp3) is 0. The lowest BCUT2D eigenvalue weighted by molar-refractivity contribution is 0.262. The van der Waals surface area contributed by atoms with Gasteiger partial charge in [0.15, 0.2) is 0 Å². The average molecular weight is 385 g/mol. The Kier molecular flexibility index (Phi) is 4.44. The summed E-state index contributed by atoms with van der Waals surface area (Å²) in [5, 5.41) is 5.49. The molecule has 0 heterocycles. The van der Waals surface area contributed by atoms with E-state index in [1.165, 1.54) is 0 Å². The van der Waals surface area contributed by atoms with Crippen LogP contribution < -0.4 is 16.4 Å². The molecule has 2 aromatic rings. The molecule has 6 heteroatoms. The lowest BCUT2D eigenvalue weighted by atomic mass is 10.3. The molecule has 0 radical (unpaired) electrons. The second-order valence-electron chi connectivity index (χ2n) is 3.80. The molecule has 0 atom stereocenters. The summed E-state index contributed by atoms with van der Waals surface area (Å²) in [5.41, 5.74) is 7.58.